The van der Waals surface area contributed by atoms with Crippen LogP contribution in [0.3, 0.4) is 0 Å². The highest BCUT2D eigenvalue weighted by molar-refractivity contribution is 4.94. The fraction of sp³-hybridized carbons (Fsp3) is 1.00. The lowest BCUT2D eigenvalue weighted by atomic mass is 10.1. The van der Waals surface area contributed by atoms with E-state index in [1.54, 1.807) is 0 Å². The molecule has 1 fully saturated rings. The lowest BCUT2D eigenvalue weighted by molar-refractivity contribution is -0.000133. The van der Waals surface area contributed by atoms with Crippen LogP contribution >= 0.6 is 0 Å². The predicted octanol–water partition coefficient (Wildman–Crippen LogP) is -0.911. The molecular weight excluding hydrogens is 170 g/mol. The van der Waals surface area contributed by atoms with Crippen LogP contribution in [0.4, 0.5) is 0 Å². The number of nitrogens with one attached hydrogen (secondary N) is 1. The lowest BCUT2D eigenvalue weighted by Crippen LogP contribution is -2.40. The first-order valence-electron chi connectivity index (χ1n) is 4.91. The van der Waals surface area contributed by atoms with Crippen LogP contribution in [0.2, 0.25) is 0 Å². The molecule has 0 radical (unpaired) electrons. The van der Waals surface area contributed by atoms with E-state index in [4.69, 9.17) is 5.11 Å². The van der Waals surface area contributed by atoms with Gasteiger partial charge in [-0.2, -0.15) is 0 Å². The van der Waals surface area contributed by atoms with Crippen LogP contribution in [-0.2, 0) is 0 Å². The highest BCUT2D eigenvalue weighted by Crippen LogP contribution is 2.26. The van der Waals surface area contributed by atoms with Gasteiger partial charge in [0.05, 0.1) is 12.2 Å². The maximum atomic E-state index is 9.56. The first kappa shape index (κ1) is 10.9. The van der Waals surface area contributed by atoms with E-state index in [0.29, 0.717) is 6.42 Å². The number of aliphatic hydroxyl groups is 3. The first-order chi connectivity index (χ1) is 6.20. The number of aliphatic hydroxyl groups excluding tert-OH is 3. The second kappa shape index (κ2) is 4.91. The molecule has 13 heavy (non-hydrogen) atoms. The maximum absolute atomic E-state index is 9.56. The van der Waals surface area contributed by atoms with Crippen molar-refractivity contribution in [2.45, 2.75) is 38.0 Å². The Kier molecular flexibility index (Phi) is 4.12. The van der Waals surface area contributed by atoms with E-state index in [1.807, 2.05) is 6.92 Å². The molecule has 0 unspecified atom stereocenters. The summed E-state index contributed by atoms with van der Waals surface area (Å²) in [5.74, 6) is -0.177. The molecule has 0 aromatic heterocycles. The van der Waals surface area contributed by atoms with Gasteiger partial charge in [0.15, 0.2) is 0 Å². The van der Waals surface area contributed by atoms with Gasteiger partial charge in [-0.1, -0.05) is 6.92 Å². The fourth-order valence-electron chi connectivity index (χ4n) is 1.84. The van der Waals surface area contributed by atoms with Gasteiger partial charge >= 0.3 is 0 Å². The molecule has 0 heterocycles. The van der Waals surface area contributed by atoms with E-state index < -0.39 is 12.2 Å². The molecule has 4 heteroatoms. The van der Waals surface area contributed by atoms with Crippen LogP contribution in [0.15, 0.2) is 0 Å². The molecule has 0 aromatic rings. The molecule has 4 nitrogen and oxygen atoms in total. The van der Waals surface area contributed by atoms with E-state index in [0.717, 1.165) is 13.0 Å². The monoisotopic (exact) mass is 189 g/mol. The smallest absolute Gasteiger partial charge is 0.0955 e. The quantitative estimate of drug-likeness (QED) is 0.462. The molecule has 1 aliphatic rings. The Morgan fingerprint density at radius 2 is 2.00 bits per heavy atom. The molecule has 1 saturated carbocycles. The molecule has 0 bridgehead atoms. The number of hydrogen-bond acceptors (Lipinski definition) is 4. The molecule has 4 atom stereocenters. The molecule has 4 N–H and O–H groups in total. The van der Waals surface area contributed by atoms with Crippen molar-refractivity contribution in [2.75, 3.05) is 13.2 Å². The van der Waals surface area contributed by atoms with Gasteiger partial charge in [0.1, 0.15) is 0 Å². The van der Waals surface area contributed by atoms with Crippen molar-refractivity contribution >= 4 is 0 Å². The lowest BCUT2D eigenvalue weighted by Gasteiger charge is -2.17. The van der Waals surface area contributed by atoms with E-state index in [1.165, 1.54) is 0 Å². The summed E-state index contributed by atoms with van der Waals surface area (Å²) in [6.45, 7) is 2.84. The van der Waals surface area contributed by atoms with E-state index in [9.17, 15) is 10.2 Å². The van der Waals surface area contributed by atoms with E-state index in [-0.39, 0.29) is 18.6 Å². The van der Waals surface area contributed by atoms with Crippen molar-refractivity contribution in [1.29, 1.82) is 0 Å². The van der Waals surface area contributed by atoms with Crippen molar-refractivity contribution in [2.24, 2.45) is 5.92 Å². The van der Waals surface area contributed by atoms with Crippen LogP contribution in [-0.4, -0.2) is 46.7 Å². The van der Waals surface area contributed by atoms with Crippen molar-refractivity contribution in [3.05, 3.63) is 0 Å². The number of hydrogen-bond donors (Lipinski definition) is 4. The third kappa shape index (κ3) is 2.40. The zero-order chi connectivity index (χ0) is 9.84. The zero-order valence-electron chi connectivity index (χ0n) is 7.98. The van der Waals surface area contributed by atoms with Gasteiger partial charge in [-0.15, -0.1) is 0 Å². The van der Waals surface area contributed by atoms with E-state index >= 15 is 0 Å². The van der Waals surface area contributed by atoms with Crippen molar-refractivity contribution in [3.8, 4) is 0 Å². The van der Waals surface area contributed by atoms with Crippen molar-refractivity contribution in [3.63, 3.8) is 0 Å². The van der Waals surface area contributed by atoms with Crippen LogP contribution in [0, 0.1) is 5.92 Å². The Balaban J connectivity index is 2.40. The summed E-state index contributed by atoms with van der Waals surface area (Å²) >= 11 is 0. The summed E-state index contributed by atoms with van der Waals surface area (Å²) in [7, 11) is 0. The molecule has 0 aromatic carbocycles. The molecule has 0 spiro atoms. The van der Waals surface area contributed by atoms with Crippen molar-refractivity contribution in [1.82, 2.24) is 5.32 Å². The predicted molar refractivity (Wildman–Crippen MR) is 49.3 cm³/mol. The minimum absolute atomic E-state index is 0.0530. The Labute approximate surface area is 78.6 Å². The fourth-order valence-corrected chi connectivity index (χ4v) is 1.84. The third-order valence-corrected chi connectivity index (χ3v) is 2.69. The average Bonchev–Trinajstić information content (AvgIpc) is 2.41. The summed E-state index contributed by atoms with van der Waals surface area (Å²) in [5, 5.41) is 31.1. The molecular formula is C9H19NO3. The zero-order valence-corrected chi connectivity index (χ0v) is 7.98. The van der Waals surface area contributed by atoms with Gasteiger partial charge in [0.2, 0.25) is 0 Å². The summed E-state index contributed by atoms with van der Waals surface area (Å²) in [4.78, 5) is 0. The minimum Gasteiger partial charge on any atom is -0.396 e. The summed E-state index contributed by atoms with van der Waals surface area (Å²) in [6.07, 6.45) is 0.144. The van der Waals surface area contributed by atoms with Crippen LogP contribution < -0.4 is 5.32 Å². The number of rotatable bonds is 4. The Bertz CT molecular complexity index is 154. The van der Waals surface area contributed by atoms with Crippen LogP contribution in [0.1, 0.15) is 19.8 Å². The third-order valence-electron chi connectivity index (χ3n) is 2.69. The Morgan fingerprint density at radius 3 is 2.46 bits per heavy atom. The Morgan fingerprint density at radius 1 is 1.31 bits per heavy atom. The van der Waals surface area contributed by atoms with Gasteiger partial charge in [-0.3, -0.25) is 0 Å². The van der Waals surface area contributed by atoms with Gasteiger partial charge in [-0.25, -0.2) is 0 Å². The molecule has 0 amide bonds. The molecule has 0 aliphatic heterocycles. The average molecular weight is 189 g/mol. The van der Waals surface area contributed by atoms with Gasteiger partial charge in [0.25, 0.3) is 0 Å². The second-order valence-electron chi connectivity index (χ2n) is 3.72. The second-order valence-corrected chi connectivity index (χ2v) is 3.72. The van der Waals surface area contributed by atoms with Gasteiger partial charge in [0, 0.05) is 18.6 Å². The molecule has 1 aliphatic carbocycles. The Hall–Kier alpha value is -0.160. The highest BCUT2D eigenvalue weighted by Gasteiger charge is 2.40. The molecule has 1 rings (SSSR count). The standard InChI is InChI=1S/C9H19NO3/c1-2-3-10-7-4-6(5-11)8(12)9(7)13/h6-13H,2-5H2,1H3/t6-,7-,8-,9+/m1/s1. The summed E-state index contributed by atoms with van der Waals surface area (Å²) in [5.41, 5.74) is 0. The highest BCUT2D eigenvalue weighted by atomic mass is 16.3. The molecule has 78 valence electrons. The minimum atomic E-state index is -0.778. The van der Waals surface area contributed by atoms with Gasteiger partial charge < -0.3 is 20.6 Å². The largest absolute Gasteiger partial charge is 0.396 e. The molecule has 0 saturated heterocycles. The maximum Gasteiger partial charge on any atom is 0.0955 e. The van der Waals surface area contributed by atoms with E-state index in [2.05, 4.69) is 5.32 Å². The van der Waals surface area contributed by atoms with Gasteiger partial charge in [-0.05, 0) is 19.4 Å². The summed E-state index contributed by atoms with van der Waals surface area (Å²) in [6, 6.07) is -0.0629. The normalized spacial score (nSPS) is 39.7. The summed E-state index contributed by atoms with van der Waals surface area (Å²) < 4.78 is 0. The first-order valence-corrected chi connectivity index (χ1v) is 4.91. The van der Waals surface area contributed by atoms with Crippen LogP contribution in [0.25, 0.3) is 0 Å². The SMILES string of the molecule is CCCN[C@@H]1C[C@H](CO)[C@@H](O)[C@H]1O. The van der Waals surface area contributed by atoms with Crippen LogP contribution in [0.5, 0.6) is 0 Å². The topological polar surface area (TPSA) is 72.7 Å². The van der Waals surface area contributed by atoms with Crippen molar-refractivity contribution < 1.29 is 15.3 Å².